The summed E-state index contributed by atoms with van der Waals surface area (Å²) in [6, 6.07) is 14.2. The van der Waals surface area contributed by atoms with Gasteiger partial charge >= 0.3 is 0 Å². The summed E-state index contributed by atoms with van der Waals surface area (Å²) in [5.41, 5.74) is 3.91. The largest absolute Gasteiger partial charge is 0.495 e. The average molecular weight is 422 g/mol. The number of benzene rings is 2. The van der Waals surface area contributed by atoms with Crippen LogP contribution in [0.1, 0.15) is 36.9 Å². The molecule has 2 heterocycles. The maximum absolute atomic E-state index is 5.61. The van der Waals surface area contributed by atoms with Crippen molar-refractivity contribution in [3.05, 3.63) is 53.7 Å². The minimum Gasteiger partial charge on any atom is -0.495 e. The Morgan fingerprint density at radius 1 is 1.23 bits per heavy atom. The first-order chi connectivity index (χ1) is 14.7. The van der Waals surface area contributed by atoms with E-state index in [-0.39, 0.29) is 0 Å². The third-order valence-electron chi connectivity index (χ3n) is 5.28. The zero-order valence-corrected chi connectivity index (χ0v) is 17.7. The smallest absolute Gasteiger partial charge is 0.187 e. The number of nitrogens with one attached hydrogen (secondary N) is 3. The average Bonchev–Trinajstić information content (AvgIpc) is 3.40. The van der Waals surface area contributed by atoms with E-state index in [0.717, 1.165) is 23.3 Å². The first-order valence-electron chi connectivity index (χ1n) is 10.1. The molecule has 1 aliphatic rings. The van der Waals surface area contributed by atoms with Gasteiger partial charge in [-0.15, -0.1) is 0 Å². The molecule has 2 aromatic heterocycles. The molecular weight excluding hydrogens is 398 g/mol. The van der Waals surface area contributed by atoms with E-state index in [0.29, 0.717) is 23.1 Å². The Bertz CT molecular complexity index is 1180. The van der Waals surface area contributed by atoms with Crippen LogP contribution < -0.4 is 14.8 Å². The van der Waals surface area contributed by atoms with Crippen molar-refractivity contribution in [2.24, 2.45) is 0 Å². The molecule has 30 heavy (non-hydrogen) atoms. The normalized spacial score (nSPS) is 13.5. The summed E-state index contributed by atoms with van der Waals surface area (Å²) >= 11 is 1.53. The number of fused-ring (bicyclic) bond motifs is 1. The van der Waals surface area contributed by atoms with Gasteiger partial charge in [0, 0.05) is 28.6 Å². The molecule has 3 N–H and O–H groups in total. The fourth-order valence-electron chi connectivity index (χ4n) is 3.45. The van der Waals surface area contributed by atoms with E-state index in [1.54, 1.807) is 7.11 Å². The summed E-state index contributed by atoms with van der Waals surface area (Å²) < 4.78 is 14.5. The minimum absolute atomic E-state index is 0.621. The molecule has 0 atom stereocenters. The van der Waals surface area contributed by atoms with E-state index in [2.05, 4.69) is 56.6 Å². The molecule has 0 unspecified atom stereocenters. The second kappa shape index (κ2) is 7.95. The van der Waals surface area contributed by atoms with Gasteiger partial charge in [-0.05, 0) is 48.9 Å². The Labute approximate surface area is 178 Å². The summed E-state index contributed by atoms with van der Waals surface area (Å²) in [5, 5.41) is 15.9. The van der Waals surface area contributed by atoms with Gasteiger partial charge in [0.25, 0.3) is 0 Å². The number of ether oxygens (including phenoxy) is 1. The lowest BCUT2D eigenvalue weighted by atomic mass is 10.2. The number of anilines is 3. The SMILES string of the molecule is CCc1ccccc1SNc1noc2cc(Nc3cc(C4CC4)[nH]n3)c(OC)cc12. The molecule has 0 saturated heterocycles. The molecule has 0 spiro atoms. The molecule has 1 fully saturated rings. The van der Waals surface area contributed by atoms with Crippen molar-refractivity contribution < 1.29 is 9.26 Å². The van der Waals surface area contributed by atoms with Crippen LogP contribution >= 0.6 is 11.9 Å². The molecule has 5 rings (SSSR count). The number of nitrogens with zero attached hydrogens (tertiary/aromatic N) is 2. The Morgan fingerprint density at radius 2 is 2.10 bits per heavy atom. The third-order valence-corrected chi connectivity index (χ3v) is 6.19. The summed E-state index contributed by atoms with van der Waals surface area (Å²) in [7, 11) is 1.65. The van der Waals surface area contributed by atoms with E-state index in [1.165, 1.54) is 40.9 Å². The van der Waals surface area contributed by atoms with Crippen LogP contribution in [0.5, 0.6) is 5.75 Å². The summed E-state index contributed by atoms with van der Waals surface area (Å²) in [6.07, 6.45) is 3.43. The number of H-pyrrole nitrogens is 1. The van der Waals surface area contributed by atoms with Gasteiger partial charge in [-0.3, -0.25) is 5.10 Å². The van der Waals surface area contributed by atoms with Crippen LogP contribution in [0.4, 0.5) is 17.3 Å². The Hall–Kier alpha value is -3.13. The topological polar surface area (TPSA) is 88.0 Å². The third kappa shape index (κ3) is 3.70. The van der Waals surface area contributed by atoms with Crippen molar-refractivity contribution in [1.29, 1.82) is 0 Å². The Balaban J connectivity index is 1.39. The van der Waals surface area contributed by atoms with Gasteiger partial charge in [-0.2, -0.15) is 5.10 Å². The molecule has 2 aromatic carbocycles. The first-order valence-corrected chi connectivity index (χ1v) is 10.9. The highest BCUT2D eigenvalue weighted by Crippen LogP contribution is 2.41. The fraction of sp³-hybridized carbons (Fsp3) is 0.273. The standard InChI is InChI=1S/C22H23N5O2S/c1-3-13-6-4-5-7-20(13)30-27-22-15-10-19(28-2)17(11-18(15)29-26-22)23-21-12-16(24-25-21)14-8-9-14/h4-7,10-12,14H,3,8-9H2,1-2H3,(H,26,27)(H2,23,24,25). The lowest BCUT2D eigenvalue weighted by Crippen LogP contribution is -1.95. The maximum Gasteiger partial charge on any atom is 0.187 e. The van der Waals surface area contributed by atoms with E-state index in [9.17, 15) is 0 Å². The van der Waals surface area contributed by atoms with Crippen LogP contribution in [0, 0.1) is 0 Å². The van der Waals surface area contributed by atoms with E-state index >= 15 is 0 Å². The van der Waals surface area contributed by atoms with Crippen molar-refractivity contribution >= 4 is 40.2 Å². The number of hydrogen-bond acceptors (Lipinski definition) is 7. The lowest BCUT2D eigenvalue weighted by Gasteiger charge is -2.10. The van der Waals surface area contributed by atoms with Crippen molar-refractivity contribution in [1.82, 2.24) is 15.4 Å². The van der Waals surface area contributed by atoms with Crippen LogP contribution in [-0.2, 0) is 6.42 Å². The van der Waals surface area contributed by atoms with Gasteiger partial charge in [-0.25, -0.2) is 0 Å². The first kappa shape index (κ1) is 18.9. The summed E-state index contributed by atoms with van der Waals surface area (Å²) in [6.45, 7) is 2.15. The Kier molecular flexibility index (Phi) is 5.00. The highest BCUT2D eigenvalue weighted by Gasteiger charge is 2.25. The van der Waals surface area contributed by atoms with Gasteiger partial charge < -0.3 is 19.3 Å². The van der Waals surface area contributed by atoms with Crippen molar-refractivity contribution in [3.63, 3.8) is 0 Å². The molecule has 0 bridgehead atoms. The van der Waals surface area contributed by atoms with Crippen LogP contribution in [0.25, 0.3) is 11.0 Å². The molecule has 4 aromatic rings. The predicted octanol–water partition coefficient (Wildman–Crippen LogP) is 5.86. The molecule has 1 aliphatic carbocycles. The van der Waals surface area contributed by atoms with Gasteiger partial charge in [0.05, 0.1) is 18.2 Å². The zero-order valence-electron chi connectivity index (χ0n) is 16.9. The molecule has 154 valence electrons. The van der Waals surface area contributed by atoms with Gasteiger partial charge in [0.2, 0.25) is 0 Å². The molecular formula is C22H23N5O2S. The number of aromatic nitrogens is 3. The number of aromatic amines is 1. The molecule has 8 heteroatoms. The van der Waals surface area contributed by atoms with E-state index < -0.39 is 0 Å². The van der Waals surface area contributed by atoms with Crippen LogP contribution in [0.2, 0.25) is 0 Å². The maximum atomic E-state index is 5.61. The highest BCUT2D eigenvalue weighted by atomic mass is 32.2. The van der Waals surface area contributed by atoms with Crippen LogP contribution in [-0.4, -0.2) is 22.5 Å². The molecule has 1 saturated carbocycles. The van der Waals surface area contributed by atoms with Crippen molar-refractivity contribution in [3.8, 4) is 5.75 Å². The van der Waals surface area contributed by atoms with Crippen molar-refractivity contribution in [2.75, 3.05) is 17.1 Å². The zero-order chi connectivity index (χ0) is 20.5. The summed E-state index contributed by atoms with van der Waals surface area (Å²) in [5.74, 6) is 2.75. The van der Waals surface area contributed by atoms with Gasteiger partial charge in [0.15, 0.2) is 17.2 Å². The molecule has 0 amide bonds. The van der Waals surface area contributed by atoms with Gasteiger partial charge in [0.1, 0.15) is 5.75 Å². The monoisotopic (exact) mass is 421 g/mol. The predicted molar refractivity (Wildman–Crippen MR) is 120 cm³/mol. The second-order valence-electron chi connectivity index (χ2n) is 7.35. The number of hydrogen-bond donors (Lipinski definition) is 3. The second-order valence-corrected chi connectivity index (χ2v) is 8.20. The highest BCUT2D eigenvalue weighted by molar-refractivity contribution is 8.00. The fourth-order valence-corrected chi connectivity index (χ4v) is 4.29. The minimum atomic E-state index is 0.621. The van der Waals surface area contributed by atoms with E-state index in [4.69, 9.17) is 9.26 Å². The van der Waals surface area contributed by atoms with E-state index in [1.807, 2.05) is 18.2 Å². The number of methoxy groups -OCH3 is 1. The number of rotatable bonds is 8. The van der Waals surface area contributed by atoms with Gasteiger partial charge in [-0.1, -0.05) is 30.3 Å². The molecule has 7 nitrogen and oxygen atoms in total. The quantitative estimate of drug-likeness (QED) is 0.307. The van der Waals surface area contributed by atoms with Crippen molar-refractivity contribution in [2.45, 2.75) is 37.0 Å². The summed E-state index contributed by atoms with van der Waals surface area (Å²) in [4.78, 5) is 1.17. The van der Waals surface area contributed by atoms with Crippen LogP contribution in [0.15, 0.2) is 51.9 Å². The van der Waals surface area contributed by atoms with Crippen LogP contribution in [0.3, 0.4) is 0 Å². The molecule has 0 aliphatic heterocycles. The lowest BCUT2D eigenvalue weighted by molar-refractivity contribution is 0.417. The molecule has 0 radical (unpaired) electrons. The number of aryl methyl sites for hydroxylation is 1. The Morgan fingerprint density at radius 3 is 2.90 bits per heavy atom.